The van der Waals surface area contributed by atoms with Crippen LogP contribution in [0.15, 0.2) is 53.0 Å². The van der Waals surface area contributed by atoms with E-state index in [9.17, 15) is 4.79 Å². The molecule has 0 aliphatic rings. The van der Waals surface area contributed by atoms with Crippen molar-refractivity contribution in [3.05, 3.63) is 62.1 Å². The van der Waals surface area contributed by atoms with Crippen LogP contribution in [0.5, 0.6) is 0 Å². The molecule has 2 aromatic carbocycles. The van der Waals surface area contributed by atoms with E-state index >= 15 is 0 Å². The molecule has 0 atom stereocenters. The maximum absolute atomic E-state index is 12.0. The third-order valence-corrected chi connectivity index (χ3v) is 3.76. The summed E-state index contributed by atoms with van der Waals surface area (Å²) in [7, 11) is 0. The van der Waals surface area contributed by atoms with E-state index in [0.29, 0.717) is 5.56 Å². The fourth-order valence-corrected chi connectivity index (χ4v) is 2.69. The fourth-order valence-electron chi connectivity index (χ4n) is 1.53. The lowest BCUT2D eigenvalue weighted by Gasteiger charge is -2.10. The number of benzene rings is 2. The third kappa shape index (κ3) is 4.53. The number of carbonyl (C=O) groups is 1. The number of anilines is 1. The molecule has 0 fully saturated rings. The molecule has 6 heteroatoms. The number of hydrogen-bond donors (Lipinski definition) is 2. The van der Waals surface area contributed by atoms with Gasteiger partial charge in [-0.2, -0.15) is 0 Å². The topological polar surface area (TPSA) is 41.1 Å². The minimum Gasteiger partial charge on any atom is -0.332 e. The Labute approximate surface area is 144 Å². The highest BCUT2D eigenvalue weighted by Crippen LogP contribution is 2.15. The molecule has 0 aromatic heterocycles. The molecule has 2 N–H and O–H groups in total. The summed E-state index contributed by atoms with van der Waals surface area (Å²) in [5, 5.41) is 5.89. The van der Waals surface area contributed by atoms with E-state index in [0.717, 1.165) is 13.7 Å². The van der Waals surface area contributed by atoms with Crippen LogP contribution in [-0.2, 0) is 0 Å². The van der Waals surface area contributed by atoms with E-state index in [2.05, 4.69) is 49.2 Å². The number of hydrogen-bond acceptors (Lipinski definition) is 2. The van der Waals surface area contributed by atoms with Gasteiger partial charge in [0.15, 0.2) is 5.11 Å². The highest BCUT2D eigenvalue weighted by Gasteiger charge is 2.08. The van der Waals surface area contributed by atoms with Gasteiger partial charge in [-0.15, -0.1) is 0 Å². The number of carbonyl (C=O) groups excluding carboxylic acids is 1. The van der Waals surface area contributed by atoms with Gasteiger partial charge in [-0.25, -0.2) is 0 Å². The van der Waals surface area contributed by atoms with Gasteiger partial charge in [-0.1, -0.05) is 28.1 Å². The summed E-state index contributed by atoms with van der Waals surface area (Å²) >= 11 is 10.7. The molecule has 0 aliphatic carbocycles. The van der Waals surface area contributed by atoms with Crippen molar-refractivity contribution in [2.24, 2.45) is 0 Å². The van der Waals surface area contributed by atoms with Crippen molar-refractivity contribution in [2.75, 3.05) is 5.32 Å². The van der Waals surface area contributed by atoms with E-state index in [1.807, 2.05) is 36.4 Å². The van der Waals surface area contributed by atoms with Crippen molar-refractivity contribution in [1.82, 2.24) is 5.32 Å². The first-order valence-electron chi connectivity index (χ1n) is 5.68. The normalized spacial score (nSPS) is 9.90. The fraction of sp³-hybridized carbons (Fsp3) is 0. The van der Waals surface area contributed by atoms with Crippen molar-refractivity contribution in [3.8, 4) is 0 Å². The first-order chi connectivity index (χ1) is 9.54. The minimum absolute atomic E-state index is 0.226. The van der Waals surface area contributed by atoms with E-state index < -0.39 is 0 Å². The van der Waals surface area contributed by atoms with Gasteiger partial charge >= 0.3 is 0 Å². The zero-order valence-electron chi connectivity index (χ0n) is 10.2. The van der Waals surface area contributed by atoms with Crippen LogP contribution in [-0.4, -0.2) is 11.0 Å². The first-order valence-corrected chi connectivity index (χ1v) is 7.96. The quantitative estimate of drug-likeness (QED) is 0.521. The first kappa shape index (κ1) is 15.4. The number of halogens is 2. The van der Waals surface area contributed by atoms with Crippen LogP contribution in [0.25, 0.3) is 0 Å². The smallest absolute Gasteiger partial charge is 0.257 e. The van der Waals surface area contributed by atoms with E-state index in [1.54, 1.807) is 12.1 Å². The largest absolute Gasteiger partial charge is 0.332 e. The average Bonchev–Trinajstić information content (AvgIpc) is 2.38. The van der Waals surface area contributed by atoms with Crippen molar-refractivity contribution < 1.29 is 4.79 Å². The SMILES string of the molecule is O=C(NC(=S)Nc1cccc(Br)c1)c1cccc(I)c1. The van der Waals surface area contributed by atoms with Crippen molar-refractivity contribution in [1.29, 1.82) is 0 Å². The average molecular weight is 461 g/mol. The van der Waals surface area contributed by atoms with Gasteiger partial charge in [0.25, 0.3) is 5.91 Å². The van der Waals surface area contributed by atoms with Crippen LogP contribution in [0.4, 0.5) is 5.69 Å². The lowest BCUT2D eigenvalue weighted by Crippen LogP contribution is -2.34. The van der Waals surface area contributed by atoms with Gasteiger partial charge in [0.1, 0.15) is 0 Å². The summed E-state index contributed by atoms with van der Waals surface area (Å²) in [4.78, 5) is 12.0. The Kier molecular flexibility index (Phi) is 5.50. The molecular weight excluding hydrogens is 451 g/mol. The summed E-state index contributed by atoms with van der Waals surface area (Å²) in [6, 6.07) is 14.9. The lowest BCUT2D eigenvalue weighted by molar-refractivity contribution is 0.0977. The molecule has 0 saturated heterocycles. The maximum atomic E-state index is 12.0. The lowest BCUT2D eigenvalue weighted by atomic mass is 10.2. The Hall–Kier alpha value is -0.990. The molecule has 102 valence electrons. The molecule has 0 radical (unpaired) electrons. The van der Waals surface area contributed by atoms with Gasteiger partial charge in [0, 0.05) is 19.3 Å². The Morgan fingerprint density at radius 1 is 1.15 bits per heavy atom. The van der Waals surface area contributed by atoms with Gasteiger partial charge in [-0.05, 0) is 71.2 Å². The molecular formula is C14H10BrIN2OS. The molecule has 0 bridgehead atoms. The molecule has 0 heterocycles. The Balaban J connectivity index is 1.99. The molecule has 20 heavy (non-hydrogen) atoms. The van der Waals surface area contributed by atoms with E-state index in [4.69, 9.17) is 12.2 Å². The van der Waals surface area contributed by atoms with Crippen molar-refractivity contribution in [3.63, 3.8) is 0 Å². The second-order valence-corrected chi connectivity index (χ2v) is 6.50. The minimum atomic E-state index is -0.226. The molecule has 0 spiro atoms. The van der Waals surface area contributed by atoms with E-state index in [1.165, 1.54) is 0 Å². The summed E-state index contributed by atoms with van der Waals surface area (Å²) in [5.41, 5.74) is 1.39. The van der Waals surface area contributed by atoms with E-state index in [-0.39, 0.29) is 11.0 Å². The van der Waals surface area contributed by atoms with Gasteiger partial charge in [-0.3, -0.25) is 10.1 Å². The molecule has 2 aromatic rings. The predicted molar refractivity (Wildman–Crippen MR) is 97.0 cm³/mol. The van der Waals surface area contributed by atoms with Crippen LogP contribution < -0.4 is 10.6 Å². The predicted octanol–water partition coefficient (Wildman–Crippen LogP) is 4.18. The van der Waals surface area contributed by atoms with Crippen LogP contribution in [0, 0.1) is 3.57 Å². The molecule has 0 unspecified atom stereocenters. The van der Waals surface area contributed by atoms with Gasteiger partial charge in [0.2, 0.25) is 0 Å². The number of amides is 1. The van der Waals surface area contributed by atoms with Crippen LogP contribution in [0.3, 0.4) is 0 Å². The zero-order valence-corrected chi connectivity index (χ0v) is 14.8. The van der Waals surface area contributed by atoms with Crippen LogP contribution >= 0.6 is 50.7 Å². The van der Waals surface area contributed by atoms with Crippen LogP contribution in [0.2, 0.25) is 0 Å². The van der Waals surface area contributed by atoms with Crippen LogP contribution in [0.1, 0.15) is 10.4 Å². The second kappa shape index (κ2) is 7.14. The standard InChI is InChI=1S/C14H10BrIN2OS/c15-10-4-2-6-12(8-10)17-14(20)18-13(19)9-3-1-5-11(16)7-9/h1-8H,(H2,17,18,19,20). The summed E-state index contributed by atoms with van der Waals surface area (Å²) in [6.07, 6.45) is 0. The molecule has 3 nitrogen and oxygen atoms in total. The monoisotopic (exact) mass is 460 g/mol. The molecule has 0 aliphatic heterocycles. The highest BCUT2D eigenvalue weighted by atomic mass is 127. The number of rotatable bonds is 2. The number of nitrogens with one attached hydrogen (secondary N) is 2. The van der Waals surface area contributed by atoms with Crippen molar-refractivity contribution in [2.45, 2.75) is 0 Å². The van der Waals surface area contributed by atoms with Gasteiger partial charge in [0.05, 0.1) is 0 Å². The summed E-state index contributed by atoms with van der Waals surface area (Å²) < 4.78 is 1.94. The summed E-state index contributed by atoms with van der Waals surface area (Å²) in [5.74, 6) is -0.226. The third-order valence-electron chi connectivity index (χ3n) is 2.40. The Bertz CT molecular complexity index is 663. The Morgan fingerprint density at radius 2 is 1.90 bits per heavy atom. The van der Waals surface area contributed by atoms with Gasteiger partial charge < -0.3 is 5.32 Å². The molecule has 0 saturated carbocycles. The Morgan fingerprint density at radius 3 is 2.60 bits per heavy atom. The number of thiocarbonyl (C=S) groups is 1. The molecule has 2 rings (SSSR count). The van der Waals surface area contributed by atoms with Crippen molar-refractivity contribution >= 4 is 67.4 Å². The second-order valence-electron chi connectivity index (χ2n) is 3.93. The maximum Gasteiger partial charge on any atom is 0.257 e. The summed E-state index contributed by atoms with van der Waals surface area (Å²) in [6.45, 7) is 0. The molecule has 1 amide bonds. The zero-order chi connectivity index (χ0) is 14.5. The highest BCUT2D eigenvalue weighted by molar-refractivity contribution is 14.1.